The number of rotatable bonds is 4. The normalized spacial score (nSPS) is 11.0. The highest BCUT2D eigenvalue weighted by atomic mass is 16.5. The fraction of sp³-hybridized carbons (Fsp3) is 0.312. The summed E-state index contributed by atoms with van der Waals surface area (Å²) in [4.78, 5) is 16.5. The summed E-state index contributed by atoms with van der Waals surface area (Å²) in [6.07, 6.45) is 1.31. The van der Waals surface area contributed by atoms with Gasteiger partial charge in [0.15, 0.2) is 11.5 Å². The molecular formula is C16H18N4O3. The fourth-order valence-electron chi connectivity index (χ4n) is 2.53. The average molecular weight is 314 g/mol. The van der Waals surface area contributed by atoms with Gasteiger partial charge in [-0.15, -0.1) is 0 Å². The Kier molecular flexibility index (Phi) is 3.77. The van der Waals surface area contributed by atoms with Crippen molar-refractivity contribution in [3.8, 4) is 11.5 Å². The number of benzene rings is 1. The van der Waals surface area contributed by atoms with E-state index in [2.05, 4.69) is 10.1 Å². The van der Waals surface area contributed by atoms with Gasteiger partial charge in [0, 0.05) is 24.9 Å². The first-order valence-corrected chi connectivity index (χ1v) is 7.14. The SMILES string of the molecule is COc1cc2ncc(=O)n(Cc3cc(C)n(C)n3)c2cc1OC. The summed E-state index contributed by atoms with van der Waals surface area (Å²) >= 11 is 0. The van der Waals surface area contributed by atoms with Gasteiger partial charge in [0.1, 0.15) is 0 Å². The van der Waals surface area contributed by atoms with Crippen molar-refractivity contribution < 1.29 is 9.47 Å². The van der Waals surface area contributed by atoms with Crippen LogP contribution in [0.3, 0.4) is 0 Å². The first kappa shape index (κ1) is 15.1. The molecule has 0 bridgehead atoms. The van der Waals surface area contributed by atoms with Crippen LogP contribution in [0.15, 0.2) is 29.2 Å². The van der Waals surface area contributed by atoms with Crippen LogP contribution >= 0.6 is 0 Å². The molecule has 0 spiro atoms. The number of aromatic nitrogens is 4. The van der Waals surface area contributed by atoms with Crippen molar-refractivity contribution in [2.75, 3.05) is 14.2 Å². The molecule has 0 amide bonds. The lowest BCUT2D eigenvalue weighted by atomic mass is 10.2. The summed E-state index contributed by atoms with van der Waals surface area (Å²) in [7, 11) is 5.00. The van der Waals surface area contributed by atoms with Gasteiger partial charge in [0.25, 0.3) is 5.56 Å². The van der Waals surface area contributed by atoms with E-state index in [0.29, 0.717) is 29.1 Å². The highest BCUT2D eigenvalue weighted by Gasteiger charge is 2.12. The second-order valence-corrected chi connectivity index (χ2v) is 5.28. The van der Waals surface area contributed by atoms with Crippen LogP contribution in [0.25, 0.3) is 11.0 Å². The molecule has 3 rings (SSSR count). The van der Waals surface area contributed by atoms with Crippen molar-refractivity contribution in [3.05, 3.63) is 46.1 Å². The van der Waals surface area contributed by atoms with Gasteiger partial charge < -0.3 is 9.47 Å². The van der Waals surface area contributed by atoms with Gasteiger partial charge in [-0.2, -0.15) is 5.10 Å². The van der Waals surface area contributed by atoms with E-state index >= 15 is 0 Å². The van der Waals surface area contributed by atoms with Crippen molar-refractivity contribution in [3.63, 3.8) is 0 Å². The van der Waals surface area contributed by atoms with E-state index in [-0.39, 0.29) is 5.56 Å². The van der Waals surface area contributed by atoms with Gasteiger partial charge in [-0.3, -0.25) is 14.0 Å². The number of methoxy groups -OCH3 is 2. The molecule has 0 radical (unpaired) electrons. The molecule has 0 aliphatic heterocycles. The van der Waals surface area contributed by atoms with E-state index < -0.39 is 0 Å². The lowest BCUT2D eigenvalue weighted by molar-refractivity contribution is 0.355. The lowest BCUT2D eigenvalue weighted by Crippen LogP contribution is -2.21. The van der Waals surface area contributed by atoms with Crippen molar-refractivity contribution in [2.45, 2.75) is 13.5 Å². The molecule has 3 aromatic rings. The molecule has 0 atom stereocenters. The molecule has 0 fully saturated rings. The van der Waals surface area contributed by atoms with E-state index in [1.54, 1.807) is 35.6 Å². The second kappa shape index (κ2) is 5.75. The molecule has 0 saturated heterocycles. The Bertz CT molecular complexity index is 907. The summed E-state index contributed by atoms with van der Waals surface area (Å²) in [5, 5.41) is 4.41. The number of nitrogens with zero attached hydrogens (tertiary/aromatic N) is 4. The summed E-state index contributed by atoms with van der Waals surface area (Å²) in [6, 6.07) is 5.48. The fourth-order valence-corrected chi connectivity index (χ4v) is 2.53. The molecular weight excluding hydrogens is 296 g/mol. The molecule has 0 aliphatic rings. The Balaban J connectivity index is 2.18. The Morgan fingerprint density at radius 3 is 2.43 bits per heavy atom. The third-order valence-corrected chi connectivity index (χ3v) is 3.84. The van der Waals surface area contributed by atoms with Gasteiger partial charge >= 0.3 is 0 Å². The minimum atomic E-state index is -0.187. The van der Waals surface area contributed by atoms with E-state index in [1.165, 1.54) is 6.20 Å². The zero-order chi connectivity index (χ0) is 16.6. The lowest BCUT2D eigenvalue weighted by Gasteiger charge is -2.12. The number of fused-ring (bicyclic) bond motifs is 1. The van der Waals surface area contributed by atoms with Crippen molar-refractivity contribution in [1.82, 2.24) is 19.3 Å². The van der Waals surface area contributed by atoms with Gasteiger partial charge in [0.05, 0.1) is 43.7 Å². The second-order valence-electron chi connectivity index (χ2n) is 5.28. The monoisotopic (exact) mass is 314 g/mol. The van der Waals surface area contributed by atoms with Gasteiger partial charge in [-0.25, -0.2) is 4.98 Å². The van der Waals surface area contributed by atoms with Crippen LogP contribution in [-0.2, 0) is 13.6 Å². The number of ether oxygens (including phenoxy) is 2. The summed E-state index contributed by atoms with van der Waals surface area (Å²) < 4.78 is 14.0. The Labute approximate surface area is 133 Å². The Morgan fingerprint density at radius 1 is 1.13 bits per heavy atom. The first-order chi connectivity index (χ1) is 11.0. The number of aryl methyl sites for hydroxylation is 2. The smallest absolute Gasteiger partial charge is 0.269 e. The Hall–Kier alpha value is -2.83. The van der Waals surface area contributed by atoms with Crippen molar-refractivity contribution in [2.24, 2.45) is 7.05 Å². The quantitative estimate of drug-likeness (QED) is 0.730. The van der Waals surface area contributed by atoms with Crippen LogP contribution in [0.5, 0.6) is 11.5 Å². The van der Waals surface area contributed by atoms with Crippen LogP contribution < -0.4 is 15.0 Å². The molecule has 7 nitrogen and oxygen atoms in total. The summed E-state index contributed by atoms with van der Waals surface area (Å²) in [5.41, 5.74) is 3.00. The topological polar surface area (TPSA) is 71.2 Å². The standard InChI is InChI=1S/C16H18N4O3/c1-10-5-11(18-19(10)2)9-20-13-7-15(23-4)14(22-3)6-12(13)17-8-16(20)21/h5-8H,9H2,1-4H3. The highest BCUT2D eigenvalue weighted by molar-refractivity contribution is 5.79. The van der Waals surface area contributed by atoms with E-state index in [4.69, 9.17) is 9.47 Å². The van der Waals surface area contributed by atoms with Crippen LogP contribution in [0.2, 0.25) is 0 Å². The highest BCUT2D eigenvalue weighted by Crippen LogP contribution is 2.30. The zero-order valence-electron chi connectivity index (χ0n) is 13.5. The largest absolute Gasteiger partial charge is 0.493 e. The van der Waals surface area contributed by atoms with Crippen molar-refractivity contribution in [1.29, 1.82) is 0 Å². The molecule has 0 saturated carbocycles. The third-order valence-electron chi connectivity index (χ3n) is 3.84. The van der Waals surface area contributed by atoms with E-state index in [1.807, 2.05) is 20.0 Å². The van der Waals surface area contributed by atoms with Crippen LogP contribution in [0.1, 0.15) is 11.4 Å². The minimum Gasteiger partial charge on any atom is -0.493 e. The van der Waals surface area contributed by atoms with Crippen molar-refractivity contribution >= 4 is 11.0 Å². The Morgan fingerprint density at radius 2 is 1.83 bits per heavy atom. The van der Waals surface area contributed by atoms with Crippen LogP contribution in [-0.4, -0.2) is 33.6 Å². The molecule has 0 aliphatic carbocycles. The molecule has 1 aromatic carbocycles. The van der Waals surface area contributed by atoms with Gasteiger partial charge in [-0.1, -0.05) is 0 Å². The summed E-state index contributed by atoms with van der Waals surface area (Å²) in [5.74, 6) is 1.13. The molecule has 120 valence electrons. The third kappa shape index (κ3) is 2.65. The summed E-state index contributed by atoms with van der Waals surface area (Å²) in [6.45, 7) is 2.34. The molecule has 2 aromatic heterocycles. The van der Waals surface area contributed by atoms with E-state index in [9.17, 15) is 4.79 Å². The average Bonchev–Trinajstić information content (AvgIpc) is 2.87. The molecule has 0 N–H and O–H groups in total. The van der Waals surface area contributed by atoms with E-state index in [0.717, 1.165) is 11.4 Å². The molecule has 0 unspecified atom stereocenters. The molecule has 7 heteroatoms. The van der Waals surface area contributed by atoms with Gasteiger partial charge in [0.2, 0.25) is 0 Å². The maximum Gasteiger partial charge on any atom is 0.269 e. The molecule has 23 heavy (non-hydrogen) atoms. The maximum absolute atomic E-state index is 12.3. The minimum absolute atomic E-state index is 0.187. The van der Waals surface area contributed by atoms with Crippen LogP contribution in [0.4, 0.5) is 0 Å². The maximum atomic E-state index is 12.3. The first-order valence-electron chi connectivity index (χ1n) is 7.14. The predicted molar refractivity (Wildman–Crippen MR) is 86.2 cm³/mol. The van der Waals surface area contributed by atoms with Gasteiger partial charge in [-0.05, 0) is 13.0 Å². The molecule has 2 heterocycles. The van der Waals surface area contributed by atoms with Crippen LogP contribution in [0, 0.1) is 6.92 Å². The number of hydrogen-bond donors (Lipinski definition) is 0. The zero-order valence-corrected chi connectivity index (χ0v) is 13.5. The number of hydrogen-bond acceptors (Lipinski definition) is 5. The predicted octanol–water partition coefficient (Wildman–Crippen LogP) is 1.50.